The van der Waals surface area contributed by atoms with Gasteiger partial charge in [-0.25, -0.2) is 0 Å². The van der Waals surface area contributed by atoms with Crippen LogP contribution in [0.5, 0.6) is 5.88 Å². The smallest absolute Gasteiger partial charge is 0.233 e. The van der Waals surface area contributed by atoms with Crippen LogP contribution in [0.25, 0.3) is 11.3 Å². The molecule has 0 spiro atoms. The van der Waals surface area contributed by atoms with E-state index in [0.717, 1.165) is 37.3 Å². The van der Waals surface area contributed by atoms with E-state index in [1.807, 2.05) is 13.0 Å². The normalized spacial score (nSPS) is 12.2. The fraction of sp³-hybridized carbons (Fsp3) is 0.500. The topological polar surface area (TPSA) is 70.2 Å². The van der Waals surface area contributed by atoms with E-state index in [2.05, 4.69) is 34.3 Å². The Labute approximate surface area is 176 Å². The Balaban J connectivity index is 1.76. The molecule has 1 heterocycles. The van der Waals surface area contributed by atoms with Gasteiger partial charge in [0.15, 0.2) is 0 Å². The van der Waals surface area contributed by atoms with E-state index < -0.39 is 0 Å². The number of aromatic nitrogens is 2. The van der Waals surface area contributed by atoms with Gasteiger partial charge >= 0.3 is 0 Å². The van der Waals surface area contributed by atoms with E-state index >= 15 is 0 Å². The fourth-order valence-corrected chi connectivity index (χ4v) is 3.00. The molecule has 0 saturated heterocycles. The van der Waals surface area contributed by atoms with Gasteiger partial charge in [-0.2, -0.15) is 0 Å². The van der Waals surface area contributed by atoms with Gasteiger partial charge in [0.05, 0.1) is 21.7 Å². The number of nitrogens with zero attached hydrogens (tertiary/aromatic N) is 2. The number of rotatable bonds is 11. The highest BCUT2D eigenvalue weighted by molar-refractivity contribution is 6.42. The van der Waals surface area contributed by atoms with E-state index in [-0.39, 0.29) is 18.4 Å². The molecule has 0 bridgehead atoms. The van der Waals surface area contributed by atoms with Crippen LogP contribution in [-0.2, 0) is 4.79 Å². The summed E-state index contributed by atoms with van der Waals surface area (Å²) in [5.74, 6) is 0.153. The lowest BCUT2D eigenvalue weighted by molar-refractivity contribution is -0.125. The minimum atomic E-state index is -0.265. The van der Waals surface area contributed by atoms with Crippen molar-refractivity contribution < 1.29 is 9.53 Å². The molecule has 2 aromatic rings. The minimum absolute atomic E-state index is 0.0141. The van der Waals surface area contributed by atoms with Crippen LogP contribution in [0.3, 0.4) is 0 Å². The zero-order valence-electron chi connectivity index (χ0n) is 16.6. The van der Waals surface area contributed by atoms with Gasteiger partial charge in [-0.05, 0) is 38.2 Å². The van der Waals surface area contributed by atoms with Gasteiger partial charge in [0, 0.05) is 18.2 Å². The average molecular weight is 427 g/mol. The number of nitrogens with one attached hydrogen (secondary N) is 2. The first kappa shape index (κ1) is 22.5. The number of benzene rings is 1. The molecule has 1 aromatic heterocycles. The van der Waals surface area contributed by atoms with Crippen molar-refractivity contribution in [2.75, 3.05) is 32.8 Å². The number of carbonyl (C=O) groups excluding carboxylic acids is 1. The van der Waals surface area contributed by atoms with Crippen molar-refractivity contribution in [3.8, 4) is 17.1 Å². The number of hydrogen-bond acceptors (Lipinski definition) is 4. The Bertz CT molecular complexity index is 762. The second-order valence-corrected chi connectivity index (χ2v) is 7.45. The second kappa shape index (κ2) is 11.3. The molecule has 28 heavy (non-hydrogen) atoms. The van der Waals surface area contributed by atoms with Crippen LogP contribution in [0.2, 0.25) is 10.0 Å². The first-order valence-electron chi connectivity index (χ1n) is 9.58. The van der Waals surface area contributed by atoms with Crippen molar-refractivity contribution in [2.24, 2.45) is 5.92 Å². The van der Waals surface area contributed by atoms with Crippen molar-refractivity contribution >= 4 is 29.1 Å². The molecule has 0 aliphatic carbocycles. The first-order chi connectivity index (χ1) is 13.4. The SMILES string of the molecule is CCN(CC)CCCNC(=O)C(C)COc1cc(-c2ccc(Cl)c(Cl)c2)[nH]n1. The van der Waals surface area contributed by atoms with E-state index in [9.17, 15) is 4.79 Å². The third-order valence-corrected chi connectivity index (χ3v) is 5.30. The van der Waals surface area contributed by atoms with E-state index in [1.165, 1.54) is 0 Å². The quantitative estimate of drug-likeness (QED) is 0.526. The molecule has 0 aliphatic heterocycles. The number of halogens is 2. The van der Waals surface area contributed by atoms with Crippen LogP contribution >= 0.6 is 23.2 Å². The van der Waals surface area contributed by atoms with Crippen LogP contribution in [0.15, 0.2) is 24.3 Å². The molecule has 0 aliphatic rings. The van der Waals surface area contributed by atoms with Crippen molar-refractivity contribution in [3.63, 3.8) is 0 Å². The molecular formula is C20H28Cl2N4O2. The van der Waals surface area contributed by atoms with Crippen molar-refractivity contribution in [3.05, 3.63) is 34.3 Å². The third kappa shape index (κ3) is 6.69. The van der Waals surface area contributed by atoms with Gasteiger partial charge in [0.25, 0.3) is 0 Å². The van der Waals surface area contributed by atoms with Crippen LogP contribution < -0.4 is 10.1 Å². The molecule has 1 unspecified atom stereocenters. The lowest BCUT2D eigenvalue weighted by Crippen LogP contribution is -2.34. The molecule has 1 atom stereocenters. The zero-order valence-corrected chi connectivity index (χ0v) is 18.1. The number of ether oxygens (including phenoxy) is 1. The summed E-state index contributed by atoms with van der Waals surface area (Å²) in [6.07, 6.45) is 0.938. The largest absolute Gasteiger partial charge is 0.476 e. The Hall–Kier alpha value is -1.76. The van der Waals surface area contributed by atoms with Crippen LogP contribution in [0.4, 0.5) is 0 Å². The summed E-state index contributed by atoms with van der Waals surface area (Å²) in [6, 6.07) is 7.11. The molecule has 2 rings (SSSR count). The van der Waals surface area contributed by atoms with Crippen molar-refractivity contribution in [1.29, 1.82) is 0 Å². The molecule has 0 saturated carbocycles. The predicted molar refractivity (Wildman–Crippen MR) is 114 cm³/mol. The Morgan fingerprint density at radius 3 is 2.68 bits per heavy atom. The van der Waals surface area contributed by atoms with Gasteiger partial charge in [0.2, 0.25) is 11.8 Å². The summed E-state index contributed by atoms with van der Waals surface area (Å²) in [4.78, 5) is 14.5. The molecule has 0 radical (unpaired) electrons. The highest BCUT2D eigenvalue weighted by Gasteiger charge is 2.15. The second-order valence-electron chi connectivity index (χ2n) is 6.63. The maximum Gasteiger partial charge on any atom is 0.233 e. The van der Waals surface area contributed by atoms with Crippen molar-refractivity contribution in [2.45, 2.75) is 27.2 Å². The number of carbonyl (C=O) groups is 1. The standard InChI is InChI=1S/C20H28Cl2N4O2/c1-4-26(5-2)10-6-9-23-20(27)14(3)13-28-19-12-18(24-25-19)15-7-8-16(21)17(22)11-15/h7-8,11-12,14H,4-6,9-10,13H2,1-3H3,(H,23,27)(H,24,25). The first-order valence-corrected chi connectivity index (χ1v) is 10.3. The number of amides is 1. The zero-order chi connectivity index (χ0) is 20.5. The van der Waals surface area contributed by atoms with Gasteiger partial charge in [0.1, 0.15) is 6.61 Å². The lowest BCUT2D eigenvalue weighted by atomic mass is 10.1. The predicted octanol–water partition coefficient (Wildman–Crippen LogP) is 4.25. The summed E-state index contributed by atoms with van der Waals surface area (Å²) in [7, 11) is 0. The molecule has 1 amide bonds. The van der Waals surface area contributed by atoms with Crippen LogP contribution in [0, 0.1) is 5.92 Å². The molecule has 6 nitrogen and oxygen atoms in total. The molecule has 154 valence electrons. The summed E-state index contributed by atoms with van der Waals surface area (Å²) in [6.45, 7) is 10.1. The van der Waals surface area contributed by atoms with Crippen LogP contribution in [-0.4, -0.2) is 53.8 Å². The van der Waals surface area contributed by atoms with Gasteiger partial charge < -0.3 is 15.0 Å². The number of hydrogen-bond donors (Lipinski definition) is 2. The maximum absolute atomic E-state index is 12.2. The molecule has 1 aromatic carbocycles. The van der Waals surface area contributed by atoms with Crippen molar-refractivity contribution in [1.82, 2.24) is 20.4 Å². The highest BCUT2D eigenvalue weighted by atomic mass is 35.5. The summed E-state index contributed by atoms with van der Waals surface area (Å²) in [5, 5.41) is 11.0. The summed E-state index contributed by atoms with van der Waals surface area (Å²) in [5.41, 5.74) is 1.62. The molecule has 8 heteroatoms. The Kier molecular flexibility index (Phi) is 9.09. The van der Waals surface area contributed by atoms with Gasteiger partial charge in [-0.3, -0.25) is 9.89 Å². The third-order valence-electron chi connectivity index (χ3n) is 4.56. The Morgan fingerprint density at radius 1 is 1.25 bits per heavy atom. The number of H-pyrrole nitrogens is 1. The van der Waals surface area contributed by atoms with Gasteiger partial charge in [-0.15, -0.1) is 5.10 Å². The van der Waals surface area contributed by atoms with Crippen LogP contribution in [0.1, 0.15) is 27.2 Å². The van der Waals surface area contributed by atoms with Gasteiger partial charge in [-0.1, -0.05) is 50.0 Å². The molecule has 2 N–H and O–H groups in total. The summed E-state index contributed by atoms with van der Waals surface area (Å²) >= 11 is 12.0. The molecular weight excluding hydrogens is 399 g/mol. The fourth-order valence-electron chi connectivity index (χ4n) is 2.70. The lowest BCUT2D eigenvalue weighted by Gasteiger charge is -2.18. The Morgan fingerprint density at radius 2 is 2.00 bits per heavy atom. The monoisotopic (exact) mass is 426 g/mol. The van der Waals surface area contributed by atoms with E-state index in [0.29, 0.717) is 22.5 Å². The summed E-state index contributed by atoms with van der Waals surface area (Å²) < 4.78 is 5.65. The molecule has 0 fully saturated rings. The van der Waals surface area contributed by atoms with E-state index in [1.54, 1.807) is 18.2 Å². The average Bonchev–Trinajstić information content (AvgIpc) is 3.17. The number of aromatic amines is 1. The highest BCUT2D eigenvalue weighted by Crippen LogP contribution is 2.28. The van der Waals surface area contributed by atoms with E-state index in [4.69, 9.17) is 27.9 Å². The maximum atomic E-state index is 12.2. The minimum Gasteiger partial charge on any atom is -0.476 e.